The number of imidazole rings is 1. The molecule has 1 N–H and O–H groups in total. The van der Waals surface area contributed by atoms with Crippen molar-refractivity contribution in [3.05, 3.63) is 12.4 Å². The van der Waals surface area contributed by atoms with Crippen LogP contribution in [0.25, 0.3) is 0 Å². The van der Waals surface area contributed by atoms with Crippen LogP contribution in [0.5, 0.6) is 0 Å². The number of hydrogen-bond acceptors (Lipinski definition) is 2. The van der Waals surface area contributed by atoms with Crippen molar-refractivity contribution in [1.82, 2.24) is 9.97 Å². The van der Waals surface area contributed by atoms with Crippen molar-refractivity contribution in [3.63, 3.8) is 0 Å². The largest absolute Gasteiger partial charge is 0.342 e. The zero-order valence-corrected chi connectivity index (χ0v) is 8.38. The van der Waals surface area contributed by atoms with Crippen LogP contribution in [0.3, 0.4) is 0 Å². The van der Waals surface area contributed by atoms with Gasteiger partial charge in [-0.25, -0.2) is 4.98 Å². The second kappa shape index (κ2) is 3.05. The molecular weight excluding hydrogens is 162 g/mol. The predicted octanol–water partition coefficient (Wildman–Crippen LogP) is 2.04. The summed E-state index contributed by atoms with van der Waals surface area (Å²) < 4.78 is 0. The van der Waals surface area contributed by atoms with Gasteiger partial charge < -0.3 is 9.88 Å². The van der Waals surface area contributed by atoms with Gasteiger partial charge in [0.05, 0.1) is 0 Å². The lowest BCUT2D eigenvalue weighted by atomic mass is 9.87. The minimum absolute atomic E-state index is 0.493. The number of H-pyrrole nitrogens is 1. The van der Waals surface area contributed by atoms with E-state index in [1.54, 1.807) is 0 Å². The third-order valence-corrected chi connectivity index (χ3v) is 3.19. The minimum Gasteiger partial charge on any atom is -0.342 e. The summed E-state index contributed by atoms with van der Waals surface area (Å²) >= 11 is 0. The lowest BCUT2D eigenvalue weighted by molar-refractivity contribution is 0.355. The van der Waals surface area contributed by atoms with Gasteiger partial charge in [0.1, 0.15) is 0 Å². The van der Waals surface area contributed by atoms with Crippen molar-refractivity contribution in [2.24, 2.45) is 5.41 Å². The van der Waals surface area contributed by atoms with Crippen LogP contribution >= 0.6 is 0 Å². The normalized spacial score (nSPS) is 28.3. The highest BCUT2D eigenvalue weighted by Gasteiger charge is 2.32. The lowest BCUT2D eigenvalue weighted by Gasteiger charge is -2.22. The predicted molar refractivity (Wildman–Crippen MR) is 53.8 cm³/mol. The van der Waals surface area contributed by atoms with Crippen LogP contribution in [0, 0.1) is 5.41 Å². The van der Waals surface area contributed by atoms with E-state index in [4.69, 9.17) is 0 Å². The Kier molecular flexibility index (Phi) is 2.02. The number of nitrogens with zero attached hydrogens (tertiary/aromatic N) is 2. The molecule has 1 fully saturated rings. The van der Waals surface area contributed by atoms with Crippen molar-refractivity contribution in [2.75, 3.05) is 18.0 Å². The molecule has 1 aliphatic heterocycles. The van der Waals surface area contributed by atoms with Crippen LogP contribution in [-0.4, -0.2) is 23.1 Å². The van der Waals surface area contributed by atoms with Crippen LogP contribution in [0.2, 0.25) is 0 Å². The molecule has 0 aliphatic carbocycles. The van der Waals surface area contributed by atoms with Gasteiger partial charge in [-0.2, -0.15) is 0 Å². The van der Waals surface area contributed by atoms with Crippen molar-refractivity contribution >= 4 is 5.95 Å². The van der Waals surface area contributed by atoms with E-state index in [9.17, 15) is 0 Å². The number of aromatic amines is 1. The first-order valence-electron chi connectivity index (χ1n) is 4.98. The molecule has 13 heavy (non-hydrogen) atoms. The molecule has 72 valence electrons. The van der Waals surface area contributed by atoms with Gasteiger partial charge in [0.2, 0.25) is 5.95 Å². The molecule has 0 radical (unpaired) electrons. The van der Waals surface area contributed by atoms with E-state index in [0.717, 1.165) is 19.0 Å². The summed E-state index contributed by atoms with van der Waals surface area (Å²) in [5, 5.41) is 0. The van der Waals surface area contributed by atoms with Crippen LogP contribution < -0.4 is 4.90 Å². The molecule has 0 amide bonds. The number of aromatic nitrogens is 2. The molecule has 0 aromatic carbocycles. The molecule has 0 spiro atoms. The summed E-state index contributed by atoms with van der Waals surface area (Å²) in [6.07, 6.45) is 6.24. The molecule has 2 heterocycles. The monoisotopic (exact) mass is 179 g/mol. The summed E-state index contributed by atoms with van der Waals surface area (Å²) in [6.45, 7) is 6.90. The first kappa shape index (κ1) is 8.60. The van der Waals surface area contributed by atoms with Gasteiger partial charge in [-0.3, -0.25) is 0 Å². The van der Waals surface area contributed by atoms with E-state index in [1.165, 1.54) is 12.8 Å². The second-order valence-corrected chi connectivity index (χ2v) is 4.25. The van der Waals surface area contributed by atoms with E-state index in [2.05, 4.69) is 28.7 Å². The van der Waals surface area contributed by atoms with Crippen LogP contribution in [-0.2, 0) is 0 Å². The number of anilines is 1. The first-order chi connectivity index (χ1) is 6.23. The summed E-state index contributed by atoms with van der Waals surface area (Å²) in [7, 11) is 0. The maximum atomic E-state index is 4.27. The third kappa shape index (κ3) is 1.55. The molecule has 1 aliphatic rings. The van der Waals surface area contributed by atoms with Gasteiger partial charge in [-0.15, -0.1) is 0 Å². The molecular formula is C10H17N3. The Labute approximate surface area is 79.2 Å². The Bertz CT molecular complexity index is 268. The number of rotatable bonds is 2. The van der Waals surface area contributed by atoms with Crippen molar-refractivity contribution in [1.29, 1.82) is 0 Å². The fourth-order valence-electron chi connectivity index (χ4n) is 1.92. The summed E-state index contributed by atoms with van der Waals surface area (Å²) in [4.78, 5) is 9.76. The van der Waals surface area contributed by atoms with Crippen molar-refractivity contribution in [2.45, 2.75) is 26.7 Å². The molecule has 0 saturated carbocycles. The van der Waals surface area contributed by atoms with Gasteiger partial charge in [0.15, 0.2) is 0 Å². The van der Waals surface area contributed by atoms with Gasteiger partial charge in [-0.1, -0.05) is 13.8 Å². The maximum Gasteiger partial charge on any atom is 0.202 e. The molecule has 1 saturated heterocycles. The van der Waals surface area contributed by atoms with E-state index < -0.39 is 0 Å². The summed E-state index contributed by atoms with van der Waals surface area (Å²) in [5.41, 5.74) is 0.493. The fourth-order valence-corrected chi connectivity index (χ4v) is 1.92. The first-order valence-corrected chi connectivity index (χ1v) is 4.98. The van der Waals surface area contributed by atoms with E-state index in [1.807, 2.05) is 12.4 Å². The van der Waals surface area contributed by atoms with E-state index in [0.29, 0.717) is 5.41 Å². The third-order valence-electron chi connectivity index (χ3n) is 3.19. The quantitative estimate of drug-likeness (QED) is 0.753. The zero-order chi connectivity index (χ0) is 9.31. The Morgan fingerprint density at radius 3 is 3.08 bits per heavy atom. The minimum atomic E-state index is 0.493. The molecule has 1 unspecified atom stereocenters. The maximum absolute atomic E-state index is 4.27. The molecule has 2 rings (SSSR count). The lowest BCUT2D eigenvalue weighted by Crippen LogP contribution is -2.24. The summed E-state index contributed by atoms with van der Waals surface area (Å²) in [5.74, 6) is 1.03. The Morgan fingerprint density at radius 1 is 1.69 bits per heavy atom. The molecule has 1 aromatic heterocycles. The number of hydrogen-bond donors (Lipinski definition) is 1. The van der Waals surface area contributed by atoms with Crippen molar-refractivity contribution in [3.8, 4) is 0 Å². The summed E-state index contributed by atoms with van der Waals surface area (Å²) in [6, 6.07) is 0. The molecule has 3 heteroatoms. The smallest absolute Gasteiger partial charge is 0.202 e. The van der Waals surface area contributed by atoms with Gasteiger partial charge in [0, 0.05) is 25.5 Å². The standard InChI is InChI=1S/C10H17N3/c1-3-10(2)4-7-13(8-10)9-11-5-6-12-9/h5-6H,3-4,7-8H2,1-2H3,(H,11,12). The Morgan fingerprint density at radius 2 is 2.54 bits per heavy atom. The second-order valence-electron chi connectivity index (χ2n) is 4.25. The average Bonchev–Trinajstić information content (AvgIpc) is 2.73. The molecule has 1 aromatic rings. The van der Waals surface area contributed by atoms with Gasteiger partial charge in [-0.05, 0) is 18.3 Å². The highest BCUT2D eigenvalue weighted by atomic mass is 15.3. The van der Waals surface area contributed by atoms with Gasteiger partial charge in [0.25, 0.3) is 0 Å². The SMILES string of the molecule is CCC1(C)CCN(c2ncc[nH]2)C1. The van der Waals surface area contributed by atoms with Gasteiger partial charge >= 0.3 is 0 Å². The highest BCUT2D eigenvalue weighted by Crippen LogP contribution is 2.34. The van der Waals surface area contributed by atoms with Crippen LogP contribution in [0.4, 0.5) is 5.95 Å². The molecule has 1 atom stereocenters. The van der Waals surface area contributed by atoms with E-state index >= 15 is 0 Å². The molecule has 3 nitrogen and oxygen atoms in total. The van der Waals surface area contributed by atoms with E-state index in [-0.39, 0.29) is 0 Å². The number of nitrogens with one attached hydrogen (secondary N) is 1. The Balaban J connectivity index is 2.07. The average molecular weight is 179 g/mol. The van der Waals surface area contributed by atoms with Crippen molar-refractivity contribution < 1.29 is 0 Å². The fraction of sp³-hybridized carbons (Fsp3) is 0.700. The van der Waals surface area contributed by atoms with Crippen LogP contribution in [0.1, 0.15) is 26.7 Å². The van der Waals surface area contributed by atoms with Crippen LogP contribution in [0.15, 0.2) is 12.4 Å². The Hall–Kier alpha value is -0.990. The zero-order valence-electron chi connectivity index (χ0n) is 8.38. The topological polar surface area (TPSA) is 31.9 Å². The highest BCUT2D eigenvalue weighted by molar-refractivity contribution is 5.31. The molecule has 0 bridgehead atoms.